The van der Waals surface area contributed by atoms with Crippen molar-refractivity contribution in [1.82, 2.24) is 24.0 Å². The van der Waals surface area contributed by atoms with Crippen LogP contribution in [0.3, 0.4) is 0 Å². The van der Waals surface area contributed by atoms with E-state index in [9.17, 15) is 14.4 Å². The van der Waals surface area contributed by atoms with Crippen LogP contribution in [0.25, 0.3) is 11.2 Å². The standard InChI is InChI=1S/C15H23N7O4/c1-19-12-11(13(24)18-15(19)25)22(7-8-26-2)14(17-12)21-5-3-20(4-6-21)9-10(16)23/h3-9H2,1-2H3,(H2,16,23)(H,18,24,25). The maximum absolute atomic E-state index is 12.4. The fourth-order valence-electron chi connectivity index (χ4n) is 3.19. The van der Waals surface area contributed by atoms with Crippen LogP contribution in [-0.4, -0.2) is 76.3 Å². The number of imidazole rings is 1. The van der Waals surface area contributed by atoms with Crippen molar-refractivity contribution in [1.29, 1.82) is 0 Å². The molecule has 11 nitrogen and oxygen atoms in total. The molecule has 1 amide bonds. The number of methoxy groups -OCH3 is 1. The average Bonchev–Trinajstić information content (AvgIpc) is 2.98. The second kappa shape index (κ2) is 7.30. The van der Waals surface area contributed by atoms with E-state index in [0.29, 0.717) is 56.4 Å². The Labute approximate surface area is 149 Å². The van der Waals surface area contributed by atoms with Gasteiger partial charge in [0, 0.05) is 46.9 Å². The number of H-pyrrole nitrogens is 1. The van der Waals surface area contributed by atoms with Crippen molar-refractivity contribution < 1.29 is 9.53 Å². The number of nitrogens with one attached hydrogen (secondary N) is 1. The molecule has 0 aromatic carbocycles. The van der Waals surface area contributed by atoms with Gasteiger partial charge in [-0.15, -0.1) is 0 Å². The fourth-order valence-corrected chi connectivity index (χ4v) is 3.19. The molecule has 2 aromatic heterocycles. The average molecular weight is 365 g/mol. The SMILES string of the molecule is COCCn1c(N2CCN(CC(N)=O)CC2)nc2c1c(=O)[nH]c(=O)n2C. The molecule has 0 aliphatic carbocycles. The first-order chi connectivity index (χ1) is 12.4. The summed E-state index contributed by atoms with van der Waals surface area (Å²) in [5.74, 6) is 0.259. The van der Waals surface area contributed by atoms with Crippen LogP contribution >= 0.6 is 0 Å². The Bertz CT molecular complexity index is 920. The summed E-state index contributed by atoms with van der Waals surface area (Å²) in [7, 11) is 3.16. The third-order valence-electron chi connectivity index (χ3n) is 4.54. The maximum Gasteiger partial charge on any atom is 0.329 e. The predicted molar refractivity (Wildman–Crippen MR) is 95.3 cm³/mol. The van der Waals surface area contributed by atoms with Crippen molar-refractivity contribution in [3.8, 4) is 0 Å². The van der Waals surface area contributed by atoms with Crippen molar-refractivity contribution >= 4 is 23.0 Å². The molecular weight excluding hydrogens is 342 g/mol. The summed E-state index contributed by atoms with van der Waals surface area (Å²) in [6, 6.07) is 0. The Morgan fingerprint density at radius 3 is 2.58 bits per heavy atom. The zero-order valence-corrected chi connectivity index (χ0v) is 14.9. The summed E-state index contributed by atoms with van der Waals surface area (Å²) in [5.41, 5.74) is 4.96. The van der Waals surface area contributed by atoms with Gasteiger partial charge in [-0.25, -0.2) is 4.79 Å². The molecule has 3 N–H and O–H groups in total. The zero-order valence-electron chi connectivity index (χ0n) is 14.9. The van der Waals surface area contributed by atoms with Crippen LogP contribution in [0.1, 0.15) is 0 Å². The molecular formula is C15H23N7O4. The minimum absolute atomic E-state index is 0.224. The van der Waals surface area contributed by atoms with Crippen molar-refractivity contribution in [3.63, 3.8) is 0 Å². The molecule has 1 aliphatic heterocycles. The number of carbonyl (C=O) groups is 1. The van der Waals surface area contributed by atoms with E-state index >= 15 is 0 Å². The first-order valence-corrected chi connectivity index (χ1v) is 8.36. The van der Waals surface area contributed by atoms with E-state index in [1.807, 2.05) is 9.80 Å². The van der Waals surface area contributed by atoms with Crippen LogP contribution in [0.2, 0.25) is 0 Å². The lowest BCUT2D eigenvalue weighted by Gasteiger charge is -2.34. The molecule has 0 saturated carbocycles. The van der Waals surface area contributed by atoms with E-state index in [1.165, 1.54) is 4.57 Å². The summed E-state index contributed by atoms with van der Waals surface area (Å²) in [6.07, 6.45) is 0. The number of hydrogen-bond acceptors (Lipinski definition) is 7. The Morgan fingerprint density at radius 1 is 1.27 bits per heavy atom. The van der Waals surface area contributed by atoms with E-state index in [1.54, 1.807) is 18.7 Å². The van der Waals surface area contributed by atoms with Crippen LogP contribution in [-0.2, 0) is 23.1 Å². The number of piperazine rings is 1. The molecule has 26 heavy (non-hydrogen) atoms. The number of aromatic amines is 1. The van der Waals surface area contributed by atoms with Gasteiger partial charge in [0.15, 0.2) is 11.2 Å². The van der Waals surface area contributed by atoms with Crippen LogP contribution in [0.5, 0.6) is 0 Å². The molecule has 0 bridgehead atoms. The molecule has 1 saturated heterocycles. The molecule has 11 heteroatoms. The lowest BCUT2D eigenvalue weighted by Crippen LogP contribution is -2.49. The fraction of sp³-hybridized carbons (Fsp3) is 0.600. The van der Waals surface area contributed by atoms with E-state index in [-0.39, 0.29) is 12.5 Å². The number of ether oxygens (including phenoxy) is 1. The van der Waals surface area contributed by atoms with Gasteiger partial charge in [-0.1, -0.05) is 0 Å². The van der Waals surface area contributed by atoms with Gasteiger partial charge in [0.2, 0.25) is 11.9 Å². The molecule has 3 heterocycles. The summed E-state index contributed by atoms with van der Waals surface area (Å²) >= 11 is 0. The smallest absolute Gasteiger partial charge is 0.329 e. The molecule has 0 unspecified atom stereocenters. The number of aromatic nitrogens is 4. The van der Waals surface area contributed by atoms with E-state index in [2.05, 4.69) is 9.97 Å². The Hall–Kier alpha value is -2.66. The molecule has 0 atom stereocenters. The maximum atomic E-state index is 12.4. The summed E-state index contributed by atoms with van der Waals surface area (Å²) in [5, 5.41) is 0. The van der Waals surface area contributed by atoms with Gasteiger partial charge in [-0.3, -0.25) is 24.0 Å². The highest BCUT2D eigenvalue weighted by molar-refractivity contribution is 5.76. The number of rotatable bonds is 6. The number of aryl methyl sites for hydroxylation is 1. The minimum atomic E-state index is -0.503. The Morgan fingerprint density at radius 2 is 1.96 bits per heavy atom. The third kappa shape index (κ3) is 3.35. The van der Waals surface area contributed by atoms with Crippen molar-refractivity contribution in [3.05, 3.63) is 20.8 Å². The highest BCUT2D eigenvalue weighted by Crippen LogP contribution is 2.20. The molecule has 0 radical (unpaired) electrons. The van der Waals surface area contributed by atoms with Crippen LogP contribution in [0.4, 0.5) is 5.95 Å². The lowest BCUT2D eigenvalue weighted by atomic mass is 10.3. The second-order valence-corrected chi connectivity index (χ2v) is 6.28. The van der Waals surface area contributed by atoms with Gasteiger partial charge < -0.3 is 19.9 Å². The number of primary amides is 1. The molecule has 2 aromatic rings. The van der Waals surface area contributed by atoms with Gasteiger partial charge >= 0.3 is 5.69 Å². The molecule has 1 aliphatic rings. The van der Waals surface area contributed by atoms with E-state index in [4.69, 9.17) is 10.5 Å². The first-order valence-electron chi connectivity index (χ1n) is 8.36. The topological polar surface area (TPSA) is 131 Å². The molecule has 3 rings (SSSR count). The number of nitrogens with zero attached hydrogens (tertiary/aromatic N) is 5. The van der Waals surface area contributed by atoms with Gasteiger partial charge in [-0.05, 0) is 0 Å². The van der Waals surface area contributed by atoms with E-state index in [0.717, 1.165) is 0 Å². The number of amides is 1. The van der Waals surface area contributed by atoms with Crippen molar-refractivity contribution in [2.45, 2.75) is 6.54 Å². The normalized spacial score (nSPS) is 15.7. The van der Waals surface area contributed by atoms with Crippen molar-refractivity contribution in [2.75, 3.05) is 51.3 Å². The lowest BCUT2D eigenvalue weighted by molar-refractivity contribution is -0.119. The number of hydrogen-bond donors (Lipinski definition) is 2. The monoisotopic (exact) mass is 365 g/mol. The third-order valence-corrected chi connectivity index (χ3v) is 4.54. The number of fused-ring (bicyclic) bond motifs is 1. The van der Waals surface area contributed by atoms with Crippen LogP contribution < -0.4 is 21.9 Å². The first kappa shape index (κ1) is 18.1. The van der Waals surface area contributed by atoms with Crippen LogP contribution in [0, 0.1) is 0 Å². The number of anilines is 1. The summed E-state index contributed by atoms with van der Waals surface area (Å²) in [6.45, 7) is 3.65. The van der Waals surface area contributed by atoms with Crippen molar-refractivity contribution in [2.24, 2.45) is 12.8 Å². The van der Waals surface area contributed by atoms with Gasteiger partial charge in [0.25, 0.3) is 5.56 Å². The number of nitrogens with two attached hydrogens (primary N) is 1. The summed E-state index contributed by atoms with van der Waals surface area (Å²) < 4.78 is 8.26. The van der Waals surface area contributed by atoms with E-state index < -0.39 is 11.2 Å². The van der Waals surface area contributed by atoms with Gasteiger partial charge in [-0.2, -0.15) is 4.98 Å². The highest BCUT2D eigenvalue weighted by Gasteiger charge is 2.25. The zero-order chi connectivity index (χ0) is 18.8. The molecule has 1 fully saturated rings. The van der Waals surface area contributed by atoms with Crippen LogP contribution in [0.15, 0.2) is 9.59 Å². The second-order valence-electron chi connectivity index (χ2n) is 6.28. The Kier molecular flexibility index (Phi) is 5.09. The Balaban J connectivity index is 1.99. The summed E-state index contributed by atoms with van der Waals surface area (Å²) in [4.78, 5) is 46.2. The van der Waals surface area contributed by atoms with Gasteiger partial charge in [0.1, 0.15) is 0 Å². The molecule has 142 valence electrons. The quantitative estimate of drug-likeness (QED) is 0.587. The van der Waals surface area contributed by atoms with Gasteiger partial charge in [0.05, 0.1) is 13.2 Å². The molecule has 0 spiro atoms. The minimum Gasteiger partial charge on any atom is -0.383 e. The predicted octanol–water partition coefficient (Wildman–Crippen LogP) is -2.32. The highest BCUT2D eigenvalue weighted by atomic mass is 16.5. The number of carbonyl (C=O) groups excluding carboxylic acids is 1. The largest absolute Gasteiger partial charge is 0.383 e.